The zero-order valence-electron chi connectivity index (χ0n) is 18.3. The van der Waals surface area contributed by atoms with Gasteiger partial charge in [0, 0.05) is 5.56 Å². The second-order valence-electron chi connectivity index (χ2n) is 8.49. The third kappa shape index (κ3) is 4.11. The first-order valence-corrected chi connectivity index (χ1v) is 12.0. The second kappa shape index (κ2) is 8.26. The summed E-state index contributed by atoms with van der Waals surface area (Å²) in [5.41, 5.74) is 5.89. The van der Waals surface area contributed by atoms with Crippen LogP contribution in [0.15, 0.2) is 77.8 Å². The van der Waals surface area contributed by atoms with Gasteiger partial charge in [-0.3, -0.25) is 4.99 Å². The summed E-state index contributed by atoms with van der Waals surface area (Å²) in [7, 11) is -4.00. The average molecular weight is 471 g/mol. The lowest BCUT2D eigenvalue weighted by Crippen LogP contribution is -2.54. The van der Waals surface area contributed by atoms with Crippen molar-refractivity contribution in [3.05, 3.63) is 101 Å². The molecule has 0 amide bonds. The monoisotopic (exact) mass is 470 g/mol. The predicted molar refractivity (Wildman–Crippen MR) is 124 cm³/mol. The van der Waals surface area contributed by atoms with Gasteiger partial charge in [-0.1, -0.05) is 42.5 Å². The van der Waals surface area contributed by atoms with Crippen LogP contribution in [-0.4, -0.2) is 20.0 Å². The SMILES string of the molecule is C[C@@]1(c2cc(F)ccc2F)CS(=O)(=O)[C@@](C)(c2cccc(OCc3ccccc3)c2)C(N)=N1. The normalized spacial score (nSPS) is 24.2. The van der Waals surface area contributed by atoms with Crippen LogP contribution in [0.5, 0.6) is 5.75 Å². The van der Waals surface area contributed by atoms with Gasteiger partial charge in [-0.2, -0.15) is 0 Å². The smallest absolute Gasteiger partial charge is 0.169 e. The minimum Gasteiger partial charge on any atom is -0.489 e. The molecule has 0 aromatic heterocycles. The van der Waals surface area contributed by atoms with E-state index in [1.165, 1.54) is 13.8 Å². The Morgan fingerprint density at radius 2 is 1.73 bits per heavy atom. The van der Waals surface area contributed by atoms with Crippen molar-refractivity contribution in [2.24, 2.45) is 10.7 Å². The molecule has 3 aromatic carbocycles. The van der Waals surface area contributed by atoms with Gasteiger partial charge in [0.05, 0.1) is 5.75 Å². The summed E-state index contributed by atoms with van der Waals surface area (Å²) in [4.78, 5) is 4.40. The summed E-state index contributed by atoms with van der Waals surface area (Å²) >= 11 is 0. The number of hydrogen-bond acceptors (Lipinski definition) is 5. The average Bonchev–Trinajstić information content (AvgIpc) is 2.78. The quantitative estimate of drug-likeness (QED) is 0.597. The van der Waals surface area contributed by atoms with Gasteiger partial charge in [0.15, 0.2) is 14.6 Å². The van der Waals surface area contributed by atoms with E-state index in [4.69, 9.17) is 10.5 Å². The molecule has 3 aromatic rings. The summed E-state index contributed by atoms with van der Waals surface area (Å²) in [5, 5.41) is 0. The molecule has 0 aliphatic carbocycles. The summed E-state index contributed by atoms with van der Waals surface area (Å²) < 4.78 is 59.6. The fraction of sp³-hybridized carbons (Fsp3) is 0.240. The molecule has 1 aliphatic rings. The molecule has 2 atom stereocenters. The highest BCUT2D eigenvalue weighted by Gasteiger charge is 2.53. The number of aliphatic imine (C=N–C) groups is 1. The van der Waals surface area contributed by atoms with Crippen LogP contribution in [0.1, 0.15) is 30.5 Å². The molecule has 0 fully saturated rings. The molecular formula is C25H24F2N2O3S. The Kier molecular flexibility index (Phi) is 5.74. The molecule has 4 rings (SSSR count). The van der Waals surface area contributed by atoms with Gasteiger partial charge in [0.1, 0.15) is 35.4 Å². The largest absolute Gasteiger partial charge is 0.489 e. The maximum absolute atomic E-state index is 14.5. The third-order valence-corrected chi connectivity index (χ3v) is 8.72. The molecule has 0 spiro atoms. The first kappa shape index (κ1) is 22.9. The number of rotatable bonds is 5. The number of ether oxygens (including phenoxy) is 1. The highest BCUT2D eigenvalue weighted by molar-refractivity contribution is 7.93. The Balaban J connectivity index is 1.72. The minimum absolute atomic E-state index is 0.156. The Morgan fingerprint density at radius 1 is 1.00 bits per heavy atom. The lowest BCUT2D eigenvalue weighted by Gasteiger charge is -2.40. The van der Waals surface area contributed by atoms with E-state index in [-0.39, 0.29) is 11.4 Å². The lowest BCUT2D eigenvalue weighted by atomic mass is 9.91. The van der Waals surface area contributed by atoms with Crippen LogP contribution in [0.4, 0.5) is 8.78 Å². The standard InChI is InChI=1S/C25H24F2N2O3S/c1-24(21-14-19(26)11-12-22(21)27)16-33(30,31)25(2,23(28)29-24)18-9-6-10-20(13-18)32-15-17-7-4-3-5-8-17/h3-14H,15-16H2,1-2H3,(H2,28,29)/t24-,25-/m0/s1. The third-order valence-electron chi connectivity index (χ3n) is 6.09. The summed E-state index contributed by atoms with van der Waals surface area (Å²) in [6, 6.07) is 19.1. The molecule has 0 saturated carbocycles. The number of sulfone groups is 1. The van der Waals surface area contributed by atoms with Crippen LogP contribution < -0.4 is 10.5 Å². The molecule has 1 heterocycles. The van der Waals surface area contributed by atoms with E-state index < -0.39 is 37.5 Å². The molecule has 2 N–H and O–H groups in total. The zero-order valence-corrected chi connectivity index (χ0v) is 19.1. The van der Waals surface area contributed by atoms with Gasteiger partial charge >= 0.3 is 0 Å². The van der Waals surface area contributed by atoms with E-state index in [9.17, 15) is 17.2 Å². The predicted octanol–water partition coefficient (Wildman–Crippen LogP) is 4.46. The number of halogens is 2. The molecule has 1 aliphatic heterocycles. The van der Waals surface area contributed by atoms with E-state index >= 15 is 0 Å². The number of nitrogens with zero attached hydrogens (tertiary/aromatic N) is 1. The molecular weight excluding hydrogens is 446 g/mol. The maximum Gasteiger partial charge on any atom is 0.169 e. The Morgan fingerprint density at radius 3 is 2.42 bits per heavy atom. The molecule has 5 nitrogen and oxygen atoms in total. The van der Waals surface area contributed by atoms with Crippen LogP contribution in [0.25, 0.3) is 0 Å². The first-order valence-electron chi connectivity index (χ1n) is 10.4. The molecule has 0 saturated heterocycles. The van der Waals surface area contributed by atoms with Crippen molar-refractivity contribution in [3.63, 3.8) is 0 Å². The highest BCUT2D eigenvalue weighted by atomic mass is 32.2. The van der Waals surface area contributed by atoms with Crippen molar-refractivity contribution < 1.29 is 21.9 Å². The lowest BCUT2D eigenvalue weighted by molar-refractivity contribution is 0.306. The van der Waals surface area contributed by atoms with Crippen molar-refractivity contribution in [3.8, 4) is 5.75 Å². The van der Waals surface area contributed by atoms with E-state index in [0.717, 1.165) is 23.8 Å². The van der Waals surface area contributed by atoms with Gasteiger partial charge < -0.3 is 10.5 Å². The molecule has 172 valence electrons. The Hall–Kier alpha value is -3.26. The zero-order chi connectivity index (χ0) is 23.9. The second-order valence-corrected chi connectivity index (χ2v) is 10.8. The summed E-state index contributed by atoms with van der Waals surface area (Å²) in [6.45, 7) is 3.22. The van der Waals surface area contributed by atoms with E-state index in [1.54, 1.807) is 24.3 Å². The minimum atomic E-state index is -4.00. The maximum atomic E-state index is 14.5. The van der Waals surface area contributed by atoms with Crippen LogP contribution >= 0.6 is 0 Å². The Bertz CT molecular complexity index is 1330. The molecule has 0 unspecified atom stereocenters. The van der Waals surface area contributed by atoms with Crippen LogP contribution in [0.3, 0.4) is 0 Å². The molecule has 0 bridgehead atoms. The van der Waals surface area contributed by atoms with E-state index in [2.05, 4.69) is 4.99 Å². The van der Waals surface area contributed by atoms with Crippen molar-refractivity contribution in [2.75, 3.05) is 5.75 Å². The van der Waals surface area contributed by atoms with Crippen LogP contribution in [0, 0.1) is 11.6 Å². The highest BCUT2D eigenvalue weighted by Crippen LogP contribution is 2.43. The number of nitrogens with two attached hydrogens (primary N) is 1. The fourth-order valence-corrected chi connectivity index (χ4v) is 6.18. The summed E-state index contributed by atoms with van der Waals surface area (Å²) in [6.07, 6.45) is 0. The number of hydrogen-bond donors (Lipinski definition) is 1. The van der Waals surface area contributed by atoms with Gasteiger partial charge in [-0.05, 0) is 55.3 Å². The van der Waals surface area contributed by atoms with Gasteiger partial charge in [0.25, 0.3) is 0 Å². The number of benzene rings is 3. The van der Waals surface area contributed by atoms with E-state index in [0.29, 0.717) is 17.9 Å². The van der Waals surface area contributed by atoms with Crippen LogP contribution in [-0.2, 0) is 26.7 Å². The van der Waals surface area contributed by atoms with Crippen molar-refractivity contribution in [2.45, 2.75) is 30.7 Å². The Labute approximate surface area is 191 Å². The topological polar surface area (TPSA) is 81.8 Å². The fourth-order valence-electron chi connectivity index (χ4n) is 4.08. The van der Waals surface area contributed by atoms with Gasteiger partial charge in [-0.15, -0.1) is 0 Å². The van der Waals surface area contributed by atoms with Crippen molar-refractivity contribution >= 4 is 15.7 Å². The van der Waals surface area contributed by atoms with E-state index in [1.807, 2.05) is 30.3 Å². The van der Waals surface area contributed by atoms with Crippen molar-refractivity contribution in [1.82, 2.24) is 0 Å². The van der Waals surface area contributed by atoms with Gasteiger partial charge in [0.2, 0.25) is 0 Å². The van der Waals surface area contributed by atoms with Gasteiger partial charge in [-0.25, -0.2) is 17.2 Å². The molecule has 0 radical (unpaired) electrons. The summed E-state index contributed by atoms with van der Waals surface area (Å²) in [5.74, 6) is -1.68. The number of amidine groups is 1. The van der Waals surface area contributed by atoms with Crippen molar-refractivity contribution in [1.29, 1.82) is 0 Å². The molecule has 8 heteroatoms. The molecule has 33 heavy (non-hydrogen) atoms. The first-order chi connectivity index (χ1) is 15.5. The van der Waals surface area contributed by atoms with Crippen LogP contribution in [0.2, 0.25) is 0 Å².